The van der Waals surface area contributed by atoms with Gasteiger partial charge >= 0.3 is 0 Å². The Morgan fingerprint density at radius 2 is 1.71 bits per heavy atom. The van der Waals surface area contributed by atoms with Gasteiger partial charge in [-0.3, -0.25) is 9.59 Å². The Bertz CT molecular complexity index is 487. The minimum atomic E-state index is -1.05. The fourth-order valence-corrected chi connectivity index (χ4v) is 1.94. The minimum absolute atomic E-state index is 0.0388. The van der Waals surface area contributed by atoms with E-state index in [-0.39, 0.29) is 11.6 Å². The second-order valence-corrected chi connectivity index (χ2v) is 4.44. The summed E-state index contributed by atoms with van der Waals surface area (Å²) in [5.74, 6) is 5.73. The standard InChI is InChI=1S/C15H14O2/c1-15(13(16)9-10-14(15)17)11-5-8-12-6-3-2-4-7-12/h2-4,6-7H,8-10H2,1H3. The number of hydrogen-bond donors (Lipinski definition) is 0. The van der Waals surface area contributed by atoms with Gasteiger partial charge in [0.25, 0.3) is 0 Å². The van der Waals surface area contributed by atoms with Crippen molar-refractivity contribution in [1.29, 1.82) is 0 Å². The molecule has 0 radical (unpaired) electrons. The van der Waals surface area contributed by atoms with Crippen LogP contribution in [0, 0.1) is 17.3 Å². The molecule has 0 aliphatic heterocycles. The molecular weight excluding hydrogens is 212 g/mol. The highest BCUT2D eigenvalue weighted by Crippen LogP contribution is 2.29. The number of ketones is 2. The third-order valence-corrected chi connectivity index (χ3v) is 3.17. The van der Waals surface area contributed by atoms with Crippen molar-refractivity contribution < 1.29 is 9.59 Å². The zero-order valence-electron chi connectivity index (χ0n) is 9.82. The Morgan fingerprint density at radius 1 is 1.12 bits per heavy atom. The van der Waals surface area contributed by atoms with Gasteiger partial charge in [0.15, 0.2) is 11.6 Å². The molecule has 1 fully saturated rings. The normalized spacial score (nSPS) is 17.7. The first-order valence-corrected chi connectivity index (χ1v) is 5.73. The topological polar surface area (TPSA) is 34.1 Å². The van der Waals surface area contributed by atoms with Crippen LogP contribution in [0.2, 0.25) is 0 Å². The zero-order chi connectivity index (χ0) is 12.3. The molecule has 86 valence electrons. The first-order chi connectivity index (χ1) is 8.13. The SMILES string of the molecule is CC1(C#CCc2ccccc2)C(=O)CCC1=O. The lowest BCUT2D eigenvalue weighted by Gasteiger charge is -2.10. The van der Waals surface area contributed by atoms with Crippen molar-refractivity contribution in [2.75, 3.05) is 0 Å². The summed E-state index contributed by atoms with van der Waals surface area (Å²) in [4.78, 5) is 23.3. The molecule has 0 spiro atoms. The molecule has 1 aliphatic rings. The monoisotopic (exact) mass is 226 g/mol. The Balaban J connectivity index is 2.12. The van der Waals surface area contributed by atoms with E-state index in [4.69, 9.17) is 0 Å². The molecule has 2 heteroatoms. The van der Waals surface area contributed by atoms with Gasteiger partial charge in [-0.1, -0.05) is 42.2 Å². The Labute approximate surface area is 101 Å². The van der Waals surface area contributed by atoms with Crippen molar-refractivity contribution in [3.63, 3.8) is 0 Å². The summed E-state index contributed by atoms with van der Waals surface area (Å²) in [7, 11) is 0. The summed E-state index contributed by atoms with van der Waals surface area (Å²) >= 11 is 0. The molecule has 0 unspecified atom stereocenters. The van der Waals surface area contributed by atoms with Gasteiger partial charge < -0.3 is 0 Å². The molecule has 0 N–H and O–H groups in total. The van der Waals surface area contributed by atoms with Gasteiger partial charge in [0.2, 0.25) is 0 Å². The summed E-state index contributed by atoms with van der Waals surface area (Å²) in [6, 6.07) is 9.81. The van der Waals surface area contributed by atoms with Crippen molar-refractivity contribution in [2.45, 2.75) is 26.2 Å². The van der Waals surface area contributed by atoms with Crippen LogP contribution in [0.15, 0.2) is 30.3 Å². The Morgan fingerprint density at radius 3 is 2.29 bits per heavy atom. The third-order valence-electron chi connectivity index (χ3n) is 3.17. The molecule has 2 rings (SSSR count). The van der Waals surface area contributed by atoms with Crippen LogP contribution in [0.4, 0.5) is 0 Å². The van der Waals surface area contributed by atoms with Crippen LogP contribution in [0.3, 0.4) is 0 Å². The maximum Gasteiger partial charge on any atom is 0.158 e. The summed E-state index contributed by atoms with van der Waals surface area (Å²) < 4.78 is 0. The lowest BCUT2D eigenvalue weighted by molar-refractivity contribution is -0.130. The van der Waals surface area contributed by atoms with Crippen molar-refractivity contribution in [3.05, 3.63) is 35.9 Å². The molecule has 0 atom stereocenters. The van der Waals surface area contributed by atoms with E-state index in [1.165, 1.54) is 0 Å². The highest BCUT2D eigenvalue weighted by Gasteiger charge is 2.43. The van der Waals surface area contributed by atoms with E-state index in [1.807, 2.05) is 30.3 Å². The van der Waals surface area contributed by atoms with E-state index in [0.717, 1.165) is 5.56 Å². The van der Waals surface area contributed by atoms with Gasteiger partial charge in [0.05, 0.1) is 0 Å². The van der Waals surface area contributed by atoms with E-state index in [2.05, 4.69) is 11.8 Å². The maximum atomic E-state index is 11.6. The number of carbonyl (C=O) groups excluding carboxylic acids is 2. The van der Waals surface area contributed by atoms with E-state index < -0.39 is 5.41 Å². The fraction of sp³-hybridized carbons (Fsp3) is 0.333. The van der Waals surface area contributed by atoms with E-state index in [0.29, 0.717) is 19.3 Å². The molecule has 1 aromatic rings. The van der Waals surface area contributed by atoms with Crippen molar-refractivity contribution in [3.8, 4) is 11.8 Å². The predicted octanol–water partition coefficient (Wildman–Crippen LogP) is 2.17. The quantitative estimate of drug-likeness (QED) is 0.543. The highest BCUT2D eigenvalue weighted by molar-refractivity contribution is 6.15. The number of rotatable bonds is 1. The molecule has 0 bridgehead atoms. The average Bonchev–Trinajstić information content (AvgIpc) is 2.59. The molecule has 0 aromatic heterocycles. The zero-order valence-corrected chi connectivity index (χ0v) is 9.82. The third kappa shape index (κ3) is 2.29. The lowest BCUT2D eigenvalue weighted by atomic mass is 9.87. The first kappa shape index (κ1) is 11.6. The van der Waals surface area contributed by atoms with Gasteiger partial charge in [0, 0.05) is 19.3 Å². The molecule has 0 amide bonds. The molecule has 0 heterocycles. The van der Waals surface area contributed by atoms with Gasteiger partial charge in [-0.2, -0.15) is 0 Å². The highest BCUT2D eigenvalue weighted by atomic mass is 16.2. The maximum absolute atomic E-state index is 11.6. The van der Waals surface area contributed by atoms with Crippen molar-refractivity contribution >= 4 is 11.6 Å². The van der Waals surface area contributed by atoms with E-state index in [1.54, 1.807) is 6.92 Å². The summed E-state index contributed by atoms with van der Waals surface area (Å²) in [5, 5.41) is 0. The molecular formula is C15H14O2. The Kier molecular flexibility index (Phi) is 3.10. The molecule has 17 heavy (non-hydrogen) atoms. The summed E-state index contributed by atoms with van der Waals surface area (Å²) in [6.45, 7) is 1.64. The minimum Gasteiger partial charge on any atom is -0.297 e. The van der Waals surface area contributed by atoms with Crippen LogP contribution in [-0.2, 0) is 16.0 Å². The van der Waals surface area contributed by atoms with Crippen LogP contribution >= 0.6 is 0 Å². The van der Waals surface area contributed by atoms with Crippen LogP contribution < -0.4 is 0 Å². The number of benzene rings is 1. The largest absolute Gasteiger partial charge is 0.297 e. The van der Waals surface area contributed by atoms with E-state index >= 15 is 0 Å². The average molecular weight is 226 g/mol. The molecule has 2 nitrogen and oxygen atoms in total. The van der Waals surface area contributed by atoms with Crippen LogP contribution in [0.5, 0.6) is 0 Å². The van der Waals surface area contributed by atoms with E-state index in [9.17, 15) is 9.59 Å². The van der Waals surface area contributed by atoms with Crippen LogP contribution in [-0.4, -0.2) is 11.6 Å². The predicted molar refractivity (Wildman–Crippen MR) is 65.3 cm³/mol. The summed E-state index contributed by atoms with van der Waals surface area (Å²) in [6.07, 6.45) is 1.27. The fourth-order valence-electron chi connectivity index (χ4n) is 1.94. The van der Waals surface area contributed by atoms with Crippen LogP contribution in [0.1, 0.15) is 25.3 Å². The molecule has 1 aromatic carbocycles. The van der Waals surface area contributed by atoms with Gasteiger partial charge in [-0.15, -0.1) is 0 Å². The summed E-state index contributed by atoms with van der Waals surface area (Å²) in [5.41, 5.74) is 0.0518. The van der Waals surface area contributed by atoms with Crippen molar-refractivity contribution in [2.24, 2.45) is 5.41 Å². The van der Waals surface area contributed by atoms with Gasteiger partial charge in [-0.05, 0) is 12.5 Å². The smallest absolute Gasteiger partial charge is 0.158 e. The van der Waals surface area contributed by atoms with Gasteiger partial charge in [0.1, 0.15) is 5.41 Å². The van der Waals surface area contributed by atoms with Gasteiger partial charge in [-0.25, -0.2) is 0 Å². The molecule has 1 aliphatic carbocycles. The number of hydrogen-bond acceptors (Lipinski definition) is 2. The number of carbonyl (C=O) groups is 2. The second kappa shape index (κ2) is 4.55. The first-order valence-electron chi connectivity index (χ1n) is 5.73. The number of Topliss-reactive ketones (excluding diaryl/α,β-unsaturated/α-hetero) is 2. The second-order valence-electron chi connectivity index (χ2n) is 4.44. The molecule has 1 saturated carbocycles. The lowest BCUT2D eigenvalue weighted by Crippen LogP contribution is -2.27. The molecule has 0 saturated heterocycles. The van der Waals surface area contributed by atoms with Crippen molar-refractivity contribution in [1.82, 2.24) is 0 Å². The van der Waals surface area contributed by atoms with Crippen LogP contribution in [0.25, 0.3) is 0 Å². The Hall–Kier alpha value is -1.88.